The molecule has 4 N–H and O–H groups in total. The fraction of sp³-hybridized carbons (Fsp3) is 0. The zero-order valence-corrected chi connectivity index (χ0v) is 16.5. The van der Waals surface area contributed by atoms with Crippen LogP contribution in [0.5, 0.6) is 0 Å². The average Bonchev–Trinajstić information content (AvgIpc) is 2.45. The molecule has 2 aromatic carbocycles. The molecule has 0 aliphatic heterocycles. The van der Waals surface area contributed by atoms with Crippen molar-refractivity contribution in [3.05, 3.63) is 56.6 Å². The average molecular weight is 406 g/mol. The summed E-state index contributed by atoms with van der Waals surface area (Å²) in [7, 11) is 0. The van der Waals surface area contributed by atoms with Gasteiger partial charge >= 0.3 is 0 Å². The molecule has 11 heteroatoms. The van der Waals surface area contributed by atoms with Crippen molar-refractivity contribution in [2.45, 2.75) is 9.79 Å². The quantitative estimate of drug-likeness (QED) is 0.199. The first-order valence-electron chi connectivity index (χ1n) is 5.68. The SMILES string of the molecule is Nc1cc([N+](=O)[O-])ccc1S.Nc1cc([N+](=O)[O-])ccc1S.[Zn]. The Bertz CT molecular complexity index is 669. The van der Waals surface area contributed by atoms with E-state index in [0.29, 0.717) is 21.2 Å². The summed E-state index contributed by atoms with van der Waals surface area (Å²) < 4.78 is 0. The summed E-state index contributed by atoms with van der Waals surface area (Å²) in [6, 6.07) is 8.27. The molecular weight excluding hydrogens is 394 g/mol. The molecule has 8 nitrogen and oxygen atoms in total. The standard InChI is InChI=1S/2C6H6N2O2S.Zn/c2*7-5-3-4(8(9)10)1-2-6(5)11;/h2*1-3,11H,7H2;. The maximum absolute atomic E-state index is 10.2. The molecule has 0 aromatic heterocycles. The van der Waals surface area contributed by atoms with Crippen LogP contribution in [0, 0.1) is 20.2 Å². The zero-order valence-electron chi connectivity index (χ0n) is 11.7. The Morgan fingerprint density at radius 1 is 0.783 bits per heavy atom. The van der Waals surface area contributed by atoms with Crippen molar-refractivity contribution in [3.8, 4) is 0 Å². The first-order valence-corrected chi connectivity index (χ1v) is 6.57. The van der Waals surface area contributed by atoms with Crippen LogP contribution in [-0.2, 0) is 19.5 Å². The van der Waals surface area contributed by atoms with Crippen LogP contribution in [0.15, 0.2) is 46.2 Å². The van der Waals surface area contributed by atoms with Crippen LogP contribution in [0.4, 0.5) is 22.7 Å². The van der Waals surface area contributed by atoms with Crippen molar-refractivity contribution >= 4 is 48.0 Å². The molecule has 0 atom stereocenters. The molecule has 0 unspecified atom stereocenters. The number of nitro groups is 2. The maximum Gasteiger partial charge on any atom is 0.271 e. The van der Waals surface area contributed by atoms with Gasteiger partial charge in [-0.25, -0.2) is 0 Å². The molecule has 2 aromatic rings. The minimum atomic E-state index is -0.496. The minimum Gasteiger partial charge on any atom is -0.398 e. The van der Waals surface area contributed by atoms with Crippen LogP contribution in [0.25, 0.3) is 0 Å². The topological polar surface area (TPSA) is 138 Å². The van der Waals surface area contributed by atoms with Crippen LogP contribution in [-0.4, -0.2) is 9.85 Å². The van der Waals surface area contributed by atoms with Gasteiger partial charge < -0.3 is 11.5 Å². The van der Waals surface area contributed by atoms with E-state index in [9.17, 15) is 20.2 Å². The van der Waals surface area contributed by atoms with Crippen molar-refractivity contribution in [2.75, 3.05) is 11.5 Å². The van der Waals surface area contributed by atoms with Gasteiger partial charge in [-0.2, -0.15) is 0 Å². The third kappa shape index (κ3) is 6.43. The van der Waals surface area contributed by atoms with E-state index in [1.807, 2.05) is 0 Å². The molecule has 0 amide bonds. The van der Waals surface area contributed by atoms with Gasteiger partial charge in [0.05, 0.1) is 21.2 Å². The van der Waals surface area contributed by atoms with Gasteiger partial charge in [0.15, 0.2) is 0 Å². The summed E-state index contributed by atoms with van der Waals surface area (Å²) >= 11 is 7.93. The summed E-state index contributed by atoms with van der Waals surface area (Å²) in [5.41, 5.74) is 11.4. The molecule has 0 saturated carbocycles. The number of nitro benzene ring substituents is 2. The molecular formula is C12H12N4O4S2Zn. The van der Waals surface area contributed by atoms with E-state index >= 15 is 0 Å². The van der Waals surface area contributed by atoms with Gasteiger partial charge in [0, 0.05) is 53.5 Å². The molecule has 2 rings (SSSR count). The van der Waals surface area contributed by atoms with Crippen LogP contribution in [0.3, 0.4) is 0 Å². The molecule has 0 bridgehead atoms. The number of thiol groups is 2. The van der Waals surface area contributed by atoms with Gasteiger partial charge in [0.25, 0.3) is 11.4 Å². The second kappa shape index (κ2) is 9.34. The Hall–Kier alpha value is -1.84. The Morgan fingerprint density at radius 3 is 1.30 bits per heavy atom. The number of hydrogen-bond acceptors (Lipinski definition) is 8. The van der Waals surface area contributed by atoms with Gasteiger partial charge in [-0.1, -0.05) is 0 Å². The third-order valence-corrected chi connectivity index (χ3v) is 3.26. The summed E-state index contributed by atoms with van der Waals surface area (Å²) in [4.78, 5) is 20.5. The molecule has 0 radical (unpaired) electrons. The Labute approximate surface area is 155 Å². The number of benzene rings is 2. The fourth-order valence-corrected chi connectivity index (χ4v) is 1.59. The summed E-state index contributed by atoms with van der Waals surface area (Å²) in [5, 5.41) is 20.4. The molecule has 0 fully saturated rings. The second-order valence-electron chi connectivity index (χ2n) is 4.00. The van der Waals surface area contributed by atoms with Crippen LogP contribution in [0.2, 0.25) is 0 Å². The van der Waals surface area contributed by atoms with E-state index in [2.05, 4.69) is 25.3 Å². The summed E-state index contributed by atoms with van der Waals surface area (Å²) in [5.74, 6) is 0. The number of rotatable bonds is 2. The molecule has 23 heavy (non-hydrogen) atoms. The van der Waals surface area contributed by atoms with E-state index in [1.54, 1.807) is 0 Å². The minimum absolute atomic E-state index is 0. The van der Waals surface area contributed by atoms with E-state index in [0.717, 1.165) is 0 Å². The number of hydrogen-bond donors (Lipinski definition) is 4. The maximum atomic E-state index is 10.2. The predicted molar refractivity (Wildman–Crippen MR) is 89.5 cm³/mol. The first-order chi connectivity index (χ1) is 10.2. The number of nitrogens with two attached hydrogens (primary N) is 2. The number of non-ortho nitro benzene ring substituents is 2. The van der Waals surface area contributed by atoms with Gasteiger partial charge in [0.1, 0.15) is 0 Å². The summed E-state index contributed by atoms with van der Waals surface area (Å²) in [6.07, 6.45) is 0. The first kappa shape index (κ1) is 21.2. The van der Waals surface area contributed by atoms with Crippen molar-refractivity contribution in [2.24, 2.45) is 0 Å². The van der Waals surface area contributed by atoms with Crippen molar-refractivity contribution in [1.29, 1.82) is 0 Å². The molecule has 0 aliphatic rings. The third-order valence-electron chi connectivity index (χ3n) is 2.44. The molecule has 0 aliphatic carbocycles. The van der Waals surface area contributed by atoms with E-state index in [-0.39, 0.29) is 30.9 Å². The van der Waals surface area contributed by atoms with Gasteiger partial charge in [-0.15, -0.1) is 25.3 Å². The van der Waals surface area contributed by atoms with Crippen molar-refractivity contribution in [3.63, 3.8) is 0 Å². The molecule has 0 saturated heterocycles. The smallest absolute Gasteiger partial charge is 0.271 e. The Kier molecular flexibility index (Phi) is 8.59. The van der Waals surface area contributed by atoms with Crippen molar-refractivity contribution < 1.29 is 29.3 Å². The zero-order chi connectivity index (χ0) is 16.9. The number of nitrogens with zero attached hydrogens (tertiary/aromatic N) is 2. The molecule has 118 valence electrons. The number of nitrogen functional groups attached to an aromatic ring is 2. The second-order valence-corrected chi connectivity index (χ2v) is 4.96. The largest absolute Gasteiger partial charge is 0.398 e. The van der Waals surface area contributed by atoms with Gasteiger partial charge in [-0.3, -0.25) is 20.2 Å². The van der Waals surface area contributed by atoms with Crippen LogP contribution in [0.1, 0.15) is 0 Å². The normalized spacial score (nSPS) is 9.13. The van der Waals surface area contributed by atoms with Crippen LogP contribution >= 0.6 is 25.3 Å². The Morgan fingerprint density at radius 2 is 1.09 bits per heavy atom. The van der Waals surface area contributed by atoms with E-state index in [1.165, 1.54) is 36.4 Å². The van der Waals surface area contributed by atoms with Gasteiger partial charge in [-0.05, 0) is 12.1 Å². The van der Waals surface area contributed by atoms with Crippen molar-refractivity contribution in [1.82, 2.24) is 0 Å². The van der Waals surface area contributed by atoms with E-state index < -0.39 is 9.85 Å². The predicted octanol–water partition coefficient (Wildman–Crippen LogP) is 2.93. The van der Waals surface area contributed by atoms with Crippen LogP contribution < -0.4 is 11.5 Å². The Balaban J connectivity index is 0.000000403. The molecule has 0 spiro atoms. The fourth-order valence-electron chi connectivity index (χ4n) is 1.31. The summed E-state index contributed by atoms with van der Waals surface area (Å²) in [6.45, 7) is 0. The number of anilines is 2. The van der Waals surface area contributed by atoms with E-state index in [4.69, 9.17) is 11.5 Å². The van der Waals surface area contributed by atoms with Gasteiger partial charge in [0.2, 0.25) is 0 Å². The molecule has 0 heterocycles. The monoisotopic (exact) mass is 404 g/mol.